The van der Waals surface area contributed by atoms with Gasteiger partial charge in [-0.15, -0.1) is 0 Å². The lowest BCUT2D eigenvalue weighted by Gasteiger charge is -2.14. The lowest BCUT2D eigenvalue weighted by atomic mass is 10.1. The maximum atomic E-state index is 12.5. The van der Waals surface area contributed by atoms with Gasteiger partial charge in [0.05, 0.1) is 17.7 Å². The van der Waals surface area contributed by atoms with Crippen LogP contribution < -0.4 is 14.8 Å². The molecule has 0 unspecified atom stereocenters. The highest BCUT2D eigenvalue weighted by atomic mass is 79.9. The number of hydrogen-bond acceptors (Lipinski definition) is 6. The zero-order valence-electron chi connectivity index (χ0n) is 18.7. The van der Waals surface area contributed by atoms with Crippen LogP contribution in [0.1, 0.15) is 31.4 Å². The number of halogens is 1. The summed E-state index contributed by atoms with van der Waals surface area (Å²) in [7, 11) is 0. The van der Waals surface area contributed by atoms with E-state index in [0.29, 0.717) is 34.7 Å². The first-order valence-electron chi connectivity index (χ1n) is 10.7. The molecular formula is C25H27BrN2O5. The van der Waals surface area contributed by atoms with Crippen LogP contribution in [0, 0.1) is 11.3 Å². The second-order valence-electron chi connectivity index (χ2n) is 6.87. The van der Waals surface area contributed by atoms with E-state index in [1.54, 1.807) is 19.1 Å². The summed E-state index contributed by atoms with van der Waals surface area (Å²) in [5.74, 6) is -0.220. The predicted octanol–water partition coefficient (Wildman–Crippen LogP) is 4.45. The molecule has 0 spiro atoms. The number of hydrogen-bond donors (Lipinski definition) is 1. The summed E-state index contributed by atoms with van der Waals surface area (Å²) in [6.07, 6.45) is 3.08. The molecule has 0 aromatic heterocycles. The van der Waals surface area contributed by atoms with Crippen molar-refractivity contribution in [1.29, 1.82) is 5.26 Å². The Morgan fingerprint density at radius 1 is 1.12 bits per heavy atom. The summed E-state index contributed by atoms with van der Waals surface area (Å²) in [5, 5.41) is 12.3. The highest BCUT2D eigenvalue weighted by Gasteiger charge is 2.15. The lowest BCUT2D eigenvalue weighted by molar-refractivity contribution is -0.145. The number of aryl methyl sites for hydroxylation is 1. The minimum Gasteiger partial charge on any atom is -0.490 e. The van der Waals surface area contributed by atoms with Crippen LogP contribution in [0.3, 0.4) is 0 Å². The van der Waals surface area contributed by atoms with Crippen molar-refractivity contribution in [1.82, 2.24) is 5.32 Å². The molecule has 0 atom stereocenters. The zero-order chi connectivity index (χ0) is 24.1. The summed E-state index contributed by atoms with van der Waals surface area (Å²) in [5.41, 5.74) is 1.75. The van der Waals surface area contributed by atoms with Gasteiger partial charge in [0.25, 0.3) is 5.91 Å². The van der Waals surface area contributed by atoms with E-state index in [4.69, 9.17) is 14.2 Å². The molecule has 0 saturated heterocycles. The van der Waals surface area contributed by atoms with Gasteiger partial charge in [0, 0.05) is 6.54 Å². The van der Waals surface area contributed by atoms with Gasteiger partial charge in [0.15, 0.2) is 18.1 Å². The van der Waals surface area contributed by atoms with Gasteiger partial charge in [-0.3, -0.25) is 4.79 Å². The van der Waals surface area contributed by atoms with Crippen LogP contribution in [0.2, 0.25) is 0 Å². The lowest BCUT2D eigenvalue weighted by Crippen LogP contribution is -2.25. The molecule has 0 bridgehead atoms. The van der Waals surface area contributed by atoms with Gasteiger partial charge in [-0.2, -0.15) is 5.26 Å². The molecule has 0 heterocycles. The van der Waals surface area contributed by atoms with Crippen LogP contribution in [0.25, 0.3) is 6.08 Å². The van der Waals surface area contributed by atoms with Crippen molar-refractivity contribution in [3.63, 3.8) is 0 Å². The number of esters is 1. The number of rotatable bonds is 12. The Kier molecular flexibility index (Phi) is 11.0. The number of ether oxygens (including phenoxy) is 3. The summed E-state index contributed by atoms with van der Waals surface area (Å²) >= 11 is 3.41. The fourth-order valence-electron chi connectivity index (χ4n) is 2.96. The molecule has 0 aliphatic rings. The number of nitriles is 1. The van der Waals surface area contributed by atoms with E-state index in [9.17, 15) is 14.9 Å². The van der Waals surface area contributed by atoms with E-state index >= 15 is 0 Å². The second kappa shape index (κ2) is 14.0. The predicted molar refractivity (Wildman–Crippen MR) is 129 cm³/mol. The number of nitrogens with one attached hydrogen (secondary N) is 1. The molecule has 0 aliphatic heterocycles. The number of carbonyl (C=O) groups excluding carboxylic acids is 2. The van der Waals surface area contributed by atoms with Gasteiger partial charge in [-0.25, -0.2) is 4.79 Å². The number of nitrogens with zero attached hydrogens (tertiary/aromatic N) is 1. The Balaban J connectivity index is 2.07. The third kappa shape index (κ3) is 8.62. The van der Waals surface area contributed by atoms with Crippen LogP contribution in [0.5, 0.6) is 11.5 Å². The molecule has 0 radical (unpaired) electrons. The van der Waals surface area contributed by atoms with Gasteiger partial charge in [-0.1, -0.05) is 30.3 Å². The van der Waals surface area contributed by atoms with Crippen molar-refractivity contribution in [2.75, 3.05) is 26.4 Å². The molecule has 0 saturated carbocycles. The Morgan fingerprint density at radius 2 is 1.88 bits per heavy atom. The monoisotopic (exact) mass is 514 g/mol. The second-order valence-corrected chi connectivity index (χ2v) is 7.73. The van der Waals surface area contributed by atoms with Gasteiger partial charge in [0.2, 0.25) is 0 Å². The molecule has 1 amide bonds. The molecule has 33 heavy (non-hydrogen) atoms. The highest BCUT2D eigenvalue weighted by Crippen LogP contribution is 2.37. The van der Waals surface area contributed by atoms with Crippen molar-refractivity contribution in [3.8, 4) is 17.6 Å². The normalized spacial score (nSPS) is 10.8. The van der Waals surface area contributed by atoms with Crippen LogP contribution in [-0.2, 0) is 20.7 Å². The molecule has 8 heteroatoms. The van der Waals surface area contributed by atoms with E-state index < -0.39 is 11.9 Å². The van der Waals surface area contributed by atoms with E-state index in [1.165, 1.54) is 11.6 Å². The maximum Gasteiger partial charge on any atom is 0.344 e. The molecule has 2 rings (SSSR count). The Hall–Kier alpha value is -3.31. The smallest absolute Gasteiger partial charge is 0.344 e. The quantitative estimate of drug-likeness (QED) is 0.194. The van der Waals surface area contributed by atoms with Gasteiger partial charge in [0.1, 0.15) is 11.6 Å². The Bertz CT molecular complexity index is 1020. The van der Waals surface area contributed by atoms with Crippen LogP contribution in [-0.4, -0.2) is 38.2 Å². The zero-order valence-corrected chi connectivity index (χ0v) is 20.3. The van der Waals surface area contributed by atoms with Crippen molar-refractivity contribution < 1.29 is 23.8 Å². The van der Waals surface area contributed by atoms with Crippen molar-refractivity contribution in [3.05, 3.63) is 63.6 Å². The summed E-state index contributed by atoms with van der Waals surface area (Å²) in [6, 6.07) is 15.3. The molecule has 2 aromatic carbocycles. The molecule has 7 nitrogen and oxygen atoms in total. The first kappa shape index (κ1) is 25.9. The van der Waals surface area contributed by atoms with E-state index in [0.717, 1.165) is 12.8 Å². The number of carbonyl (C=O) groups is 2. The van der Waals surface area contributed by atoms with E-state index in [2.05, 4.69) is 21.2 Å². The summed E-state index contributed by atoms with van der Waals surface area (Å²) < 4.78 is 16.6. The number of benzene rings is 2. The first-order valence-corrected chi connectivity index (χ1v) is 11.5. The van der Waals surface area contributed by atoms with Gasteiger partial charge >= 0.3 is 5.97 Å². The van der Waals surface area contributed by atoms with Crippen LogP contribution >= 0.6 is 15.9 Å². The molecule has 2 aromatic rings. The molecule has 174 valence electrons. The Morgan fingerprint density at radius 3 is 2.55 bits per heavy atom. The highest BCUT2D eigenvalue weighted by molar-refractivity contribution is 9.10. The van der Waals surface area contributed by atoms with Crippen molar-refractivity contribution >= 4 is 33.9 Å². The molecular weight excluding hydrogens is 488 g/mol. The van der Waals surface area contributed by atoms with Crippen LogP contribution in [0.15, 0.2) is 52.5 Å². The first-order chi connectivity index (χ1) is 16.0. The average Bonchev–Trinajstić information content (AvgIpc) is 2.80. The standard InChI is InChI=1S/C25H27BrN2O5/c1-3-31-22-15-19(14-21(26)24(22)33-17-23(29)32-4-2)13-20(16-27)25(30)28-12-8-11-18-9-6-5-7-10-18/h5-7,9-10,13-15H,3-4,8,11-12,17H2,1-2H3,(H,28,30)/b20-13-. The third-order valence-corrected chi connectivity index (χ3v) is 5.01. The van der Waals surface area contributed by atoms with Crippen LogP contribution in [0.4, 0.5) is 0 Å². The van der Waals surface area contributed by atoms with E-state index in [-0.39, 0.29) is 18.8 Å². The fraction of sp³-hybridized carbons (Fsp3) is 0.320. The topological polar surface area (TPSA) is 97.7 Å². The maximum absolute atomic E-state index is 12.5. The minimum atomic E-state index is -0.494. The Labute approximate surface area is 202 Å². The molecule has 0 aliphatic carbocycles. The molecule has 1 N–H and O–H groups in total. The SMILES string of the molecule is CCOC(=O)COc1c(Br)cc(/C=C(/C#N)C(=O)NCCCc2ccccc2)cc1OCC. The fourth-order valence-corrected chi connectivity index (χ4v) is 3.53. The number of amides is 1. The third-order valence-electron chi connectivity index (χ3n) is 4.42. The molecule has 0 fully saturated rings. The van der Waals surface area contributed by atoms with Crippen molar-refractivity contribution in [2.24, 2.45) is 0 Å². The minimum absolute atomic E-state index is 0.0238. The van der Waals surface area contributed by atoms with E-state index in [1.807, 2.05) is 43.3 Å². The summed E-state index contributed by atoms with van der Waals surface area (Å²) in [4.78, 5) is 24.1. The average molecular weight is 515 g/mol. The largest absolute Gasteiger partial charge is 0.490 e. The van der Waals surface area contributed by atoms with Gasteiger partial charge in [-0.05, 0) is 72.0 Å². The van der Waals surface area contributed by atoms with Gasteiger partial charge < -0.3 is 19.5 Å². The van der Waals surface area contributed by atoms with Crippen molar-refractivity contribution in [2.45, 2.75) is 26.7 Å². The summed E-state index contributed by atoms with van der Waals surface area (Å²) in [6.45, 7) is 4.35.